The molecule has 2 aliphatic rings. The van der Waals surface area contributed by atoms with E-state index in [9.17, 15) is 18.0 Å². The van der Waals surface area contributed by atoms with Gasteiger partial charge >= 0.3 is 6.18 Å². The summed E-state index contributed by atoms with van der Waals surface area (Å²) in [5.74, 6) is 0.265. The van der Waals surface area contributed by atoms with Gasteiger partial charge in [0.2, 0.25) is 5.91 Å². The van der Waals surface area contributed by atoms with Crippen LogP contribution in [0.25, 0.3) is 11.1 Å². The van der Waals surface area contributed by atoms with Crippen LogP contribution in [-0.2, 0) is 16.8 Å². The van der Waals surface area contributed by atoms with Gasteiger partial charge in [-0.1, -0.05) is 85.3 Å². The van der Waals surface area contributed by atoms with Crippen LogP contribution < -0.4 is 15.0 Å². The predicted molar refractivity (Wildman–Crippen MR) is 171 cm³/mol. The van der Waals surface area contributed by atoms with Crippen LogP contribution in [0.15, 0.2) is 103 Å². The van der Waals surface area contributed by atoms with E-state index in [-0.39, 0.29) is 0 Å². The lowest BCUT2D eigenvalue weighted by Gasteiger charge is -2.36. The standard InChI is InChI=1S/C37H38F3N3O2/c38-37(39,40)27-41-35(44)36(33-14-6-4-12-31(33)32-13-5-7-15-34(32)36)20-8-9-21-42-22-24-43(25-23-42)29-16-18-30(19-17-29)45-26-28-10-2-1-3-11-28/h1-7,10-19H,8-9,20-27H2,(H,41,44). The number of hydrogen-bond donors (Lipinski definition) is 1. The summed E-state index contributed by atoms with van der Waals surface area (Å²) in [6.45, 7) is 3.75. The van der Waals surface area contributed by atoms with Crippen molar-refractivity contribution < 1.29 is 22.7 Å². The molecule has 0 spiro atoms. The van der Waals surface area contributed by atoms with Crippen LogP contribution >= 0.6 is 0 Å². The maximum atomic E-state index is 13.7. The zero-order chi connectivity index (χ0) is 31.3. The molecule has 0 bridgehead atoms. The minimum absolute atomic E-state index is 0.448. The molecule has 5 nitrogen and oxygen atoms in total. The molecule has 1 saturated heterocycles. The van der Waals surface area contributed by atoms with Crippen LogP contribution in [0.2, 0.25) is 0 Å². The van der Waals surface area contributed by atoms with Gasteiger partial charge in [-0.15, -0.1) is 0 Å². The number of alkyl halides is 3. The van der Waals surface area contributed by atoms with E-state index in [1.807, 2.05) is 91.0 Å². The van der Waals surface area contributed by atoms with Crippen LogP contribution in [0, 0.1) is 0 Å². The molecule has 1 heterocycles. The van der Waals surface area contributed by atoms with Crippen molar-refractivity contribution in [3.63, 3.8) is 0 Å². The molecule has 1 amide bonds. The Kier molecular flexibility index (Phi) is 9.12. The monoisotopic (exact) mass is 613 g/mol. The molecule has 4 aromatic carbocycles. The first-order valence-electron chi connectivity index (χ1n) is 15.6. The van der Waals surface area contributed by atoms with Gasteiger partial charge in [-0.25, -0.2) is 0 Å². The summed E-state index contributed by atoms with van der Waals surface area (Å²) in [5.41, 5.74) is 4.58. The first kappa shape index (κ1) is 30.7. The number of carbonyl (C=O) groups excluding carboxylic acids is 1. The molecule has 1 aliphatic heterocycles. The Morgan fingerprint density at radius 3 is 1.98 bits per heavy atom. The Balaban J connectivity index is 1.04. The molecule has 45 heavy (non-hydrogen) atoms. The minimum atomic E-state index is -4.48. The van der Waals surface area contributed by atoms with Crippen molar-refractivity contribution in [3.05, 3.63) is 120 Å². The largest absolute Gasteiger partial charge is 0.489 e. The normalized spacial score (nSPS) is 15.8. The van der Waals surface area contributed by atoms with Crippen LogP contribution in [0.4, 0.5) is 18.9 Å². The van der Waals surface area contributed by atoms with Gasteiger partial charge in [0.1, 0.15) is 24.3 Å². The highest BCUT2D eigenvalue weighted by molar-refractivity contribution is 6.00. The fourth-order valence-corrected chi connectivity index (χ4v) is 6.73. The van der Waals surface area contributed by atoms with E-state index >= 15 is 0 Å². The van der Waals surface area contributed by atoms with E-state index < -0.39 is 24.0 Å². The Hall–Kier alpha value is -4.30. The molecular weight excluding hydrogens is 575 g/mol. The fraction of sp³-hybridized carbons (Fsp3) is 0.324. The van der Waals surface area contributed by atoms with Crippen LogP contribution in [-0.4, -0.2) is 56.3 Å². The Labute approximate surface area is 262 Å². The highest BCUT2D eigenvalue weighted by Crippen LogP contribution is 2.51. The number of amides is 1. The second-order valence-electron chi connectivity index (χ2n) is 11.8. The van der Waals surface area contributed by atoms with Gasteiger partial charge in [-0.05, 0) is 71.5 Å². The summed E-state index contributed by atoms with van der Waals surface area (Å²) in [5, 5.41) is 2.23. The second-order valence-corrected chi connectivity index (χ2v) is 11.8. The van der Waals surface area contributed by atoms with Gasteiger partial charge in [0.25, 0.3) is 0 Å². The molecule has 1 N–H and O–H groups in total. The fourth-order valence-electron chi connectivity index (χ4n) is 6.73. The number of hydrogen-bond acceptors (Lipinski definition) is 4. The summed E-state index contributed by atoms with van der Waals surface area (Å²) in [4.78, 5) is 18.5. The number of anilines is 1. The minimum Gasteiger partial charge on any atom is -0.489 e. The zero-order valence-corrected chi connectivity index (χ0v) is 25.2. The smallest absolute Gasteiger partial charge is 0.405 e. The van der Waals surface area contributed by atoms with Crippen LogP contribution in [0.5, 0.6) is 5.75 Å². The number of nitrogens with zero attached hydrogens (tertiary/aromatic N) is 2. The van der Waals surface area contributed by atoms with Crippen molar-refractivity contribution in [3.8, 4) is 16.9 Å². The van der Waals surface area contributed by atoms with E-state index in [1.54, 1.807) is 0 Å². The van der Waals surface area contributed by atoms with Gasteiger partial charge in [0.05, 0.1) is 0 Å². The molecule has 0 unspecified atom stereocenters. The maximum absolute atomic E-state index is 13.7. The Morgan fingerprint density at radius 1 is 0.756 bits per heavy atom. The lowest BCUT2D eigenvalue weighted by Crippen LogP contribution is -2.47. The summed E-state index contributed by atoms with van der Waals surface area (Å²) in [7, 11) is 0. The summed E-state index contributed by atoms with van der Waals surface area (Å²) < 4.78 is 45.4. The number of rotatable bonds is 11. The highest BCUT2D eigenvalue weighted by atomic mass is 19.4. The number of carbonyl (C=O) groups is 1. The third kappa shape index (κ3) is 6.86. The van der Waals surface area contributed by atoms with Gasteiger partial charge in [0.15, 0.2) is 0 Å². The molecule has 0 saturated carbocycles. The molecule has 1 fully saturated rings. The lowest BCUT2D eigenvalue weighted by molar-refractivity contribution is -0.141. The van der Waals surface area contributed by atoms with Gasteiger partial charge in [-0.2, -0.15) is 13.2 Å². The number of ether oxygens (including phenoxy) is 1. The number of piperazine rings is 1. The molecule has 4 aromatic rings. The van der Waals surface area contributed by atoms with E-state index in [1.165, 1.54) is 5.69 Å². The first-order valence-corrected chi connectivity index (χ1v) is 15.6. The van der Waals surface area contributed by atoms with E-state index in [0.29, 0.717) is 19.4 Å². The number of unbranched alkanes of at least 4 members (excludes halogenated alkanes) is 1. The quantitative estimate of drug-likeness (QED) is 0.182. The lowest BCUT2D eigenvalue weighted by atomic mass is 9.73. The van der Waals surface area contributed by atoms with Crippen molar-refractivity contribution in [2.75, 3.05) is 44.2 Å². The van der Waals surface area contributed by atoms with Crippen molar-refractivity contribution in [1.29, 1.82) is 0 Å². The molecular formula is C37H38F3N3O2. The van der Waals surface area contributed by atoms with E-state index in [2.05, 4.69) is 27.2 Å². The molecule has 234 valence electrons. The van der Waals surface area contributed by atoms with Crippen molar-refractivity contribution in [2.24, 2.45) is 0 Å². The molecule has 0 radical (unpaired) electrons. The van der Waals surface area contributed by atoms with Crippen LogP contribution in [0.1, 0.15) is 36.0 Å². The van der Waals surface area contributed by atoms with Crippen LogP contribution in [0.3, 0.4) is 0 Å². The van der Waals surface area contributed by atoms with E-state index in [0.717, 1.165) is 72.7 Å². The van der Waals surface area contributed by atoms with Crippen molar-refractivity contribution in [1.82, 2.24) is 10.2 Å². The Bertz CT molecular complexity index is 1540. The third-order valence-corrected chi connectivity index (χ3v) is 9.00. The molecule has 0 atom stereocenters. The number of nitrogens with one attached hydrogen (secondary N) is 1. The van der Waals surface area contributed by atoms with E-state index in [4.69, 9.17) is 4.74 Å². The summed E-state index contributed by atoms with van der Waals surface area (Å²) in [6.07, 6.45) is -2.46. The predicted octanol–water partition coefficient (Wildman–Crippen LogP) is 7.20. The van der Waals surface area contributed by atoms with Gasteiger partial charge in [-0.3, -0.25) is 9.69 Å². The highest BCUT2D eigenvalue weighted by Gasteiger charge is 2.49. The second kappa shape index (κ2) is 13.4. The third-order valence-electron chi connectivity index (χ3n) is 9.00. The van der Waals surface area contributed by atoms with Crippen molar-refractivity contribution in [2.45, 2.75) is 37.5 Å². The molecule has 0 aromatic heterocycles. The average Bonchev–Trinajstić information content (AvgIpc) is 3.36. The number of benzene rings is 4. The molecule has 6 rings (SSSR count). The average molecular weight is 614 g/mol. The Morgan fingerprint density at radius 2 is 1.36 bits per heavy atom. The number of fused-ring (bicyclic) bond motifs is 3. The number of halogens is 3. The summed E-state index contributed by atoms with van der Waals surface area (Å²) >= 11 is 0. The SMILES string of the molecule is O=C(NCC(F)(F)F)C1(CCCCN2CCN(c3ccc(OCc4ccccc4)cc3)CC2)c2ccccc2-c2ccccc21. The van der Waals surface area contributed by atoms with Gasteiger partial charge in [0, 0.05) is 31.9 Å². The van der Waals surface area contributed by atoms with Crippen molar-refractivity contribution >= 4 is 11.6 Å². The molecule has 1 aliphatic carbocycles. The zero-order valence-electron chi connectivity index (χ0n) is 25.2. The first-order chi connectivity index (χ1) is 21.8. The summed E-state index contributed by atoms with van der Waals surface area (Å²) in [6, 6.07) is 33.6. The van der Waals surface area contributed by atoms with Gasteiger partial charge < -0.3 is 15.0 Å². The topological polar surface area (TPSA) is 44.8 Å². The maximum Gasteiger partial charge on any atom is 0.405 e. The molecule has 8 heteroatoms.